The van der Waals surface area contributed by atoms with E-state index in [0.29, 0.717) is 0 Å². The second-order valence-corrected chi connectivity index (χ2v) is 7.23. The predicted molar refractivity (Wildman–Crippen MR) is 104 cm³/mol. The van der Waals surface area contributed by atoms with Crippen molar-refractivity contribution >= 4 is 5.69 Å². The van der Waals surface area contributed by atoms with Gasteiger partial charge >= 0.3 is 0 Å². The van der Waals surface area contributed by atoms with Crippen molar-refractivity contribution in [1.29, 1.82) is 0 Å². The molecule has 27 heavy (non-hydrogen) atoms. The predicted octanol–water partition coefficient (Wildman–Crippen LogP) is 3.82. The van der Waals surface area contributed by atoms with E-state index in [9.17, 15) is 10.1 Å². The first-order valence-corrected chi connectivity index (χ1v) is 9.11. The normalized spacial score (nSPS) is 14.9. The van der Waals surface area contributed by atoms with Crippen LogP contribution in [0.2, 0.25) is 0 Å². The van der Waals surface area contributed by atoms with Crippen LogP contribution in [0, 0.1) is 10.1 Å². The number of hydrogen-bond donors (Lipinski definition) is 1. The molecule has 1 heterocycles. The number of nitrogens with one attached hydrogen (secondary N) is 1. The third-order valence-corrected chi connectivity index (χ3v) is 5.27. The molecule has 2 aromatic carbocycles. The Morgan fingerprint density at radius 2 is 1.85 bits per heavy atom. The molecule has 1 fully saturated rings. The van der Waals surface area contributed by atoms with Gasteiger partial charge in [0.05, 0.1) is 10.6 Å². The number of hydrogen-bond acceptors (Lipinski definition) is 4. The minimum Gasteiger partial charge on any atom is -0.312 e. The second kappa shape index (κ2) is 6.96. The highest BCUT2D eigenvalue weighted by atomic mass is 16.6. The minimum absolute atomic E-state index is 0.0906. The van der Waals surface area contributed by atoms with Crippen molar-refractivity contribution in [3.05, 3.63) is 82.0 Å². The molecule has 0 saturated heterocycles. The van der Waals surface area contributed by atoms with Crippen LogP contribution in [0.15, 0.2) is 60.8 Å². The lowest BCUT2D eigenvalue weighted by molar-refractivity contribution is -0.384. The van der Waals surface area contributed by atoms with Crippen molar-refractivity contribution in [2.24, 2.45) is 7.05 Å². The molecule has 3 aromatic rings. The van der Waals surface area contributed by atoms with Crippen LogP contribution in [0.1, 0.15) is 24.0 Å². The van der Waals surface area contributed by atoms with Gasteiger partial charge in [-0.15, -0.1) is 0 Å². The van der Waals surface area contributed by atoms with Gasteiger partial charge in [0.2, 0.25) is 0 Å². The fraction of sp³-hybridized carbons (Fsp3) is 0.286. The Balaban J connectivity index is 1.47. The Morgan fingerprint density at radius 3 is 2.48 bits per heavy atom. The van der Waals surface area contributed by atoms with Gasteiger partial charge < -0.3 is 5.32 Å². The van der Waals surface area contributed by atoms with E-state index < -0.39 is 0 Å². The highest BCUT2D eigenvalue weighted by Gasteiger charge is 2.43. The molecule has 6 heteroatoms. The summed E-state index contributed by atoms with van der Waals surface area (Å²) in [6.07, 6.45) is 4.43. The van der Waals surface area contributed by atoms with Crippen molar-refractivity contribution < 1.29 is 4.92 Å². The standard InChI is InChI=1S/C21H22N4O2/c1-24-14-17(20(23-24)16-7-9-19(10-8-16)25(26)27)13-22-15-21(11-12-21)18-5-3-2-4-6-18/h2-10,14,22H,11-13,15H2,1H3. The molecular weight excluding hydrogens is 340 g/mol. The van der Waals surface area contributed by atoms with Crippen LogP contribution in [0.5, 0.6) is 0 Å². The van der Waals surface area contributed by atoms with E-state index in [2.05, 4.69) is 40.7 Å². The van der Waals surface area contributed by atoms with Gasteiger partial charge in [0, 0.05) is 55.0 Å². The van der Waals surface area contributed by atoms with Gasteiger partial charge in [0.1, 0.15) is 0 Å². The molecule has 0 unspecified atom stereocenters. The summed E-state index contributed by atoms with van der Waals surface area (Å²) in [5.41, 5.74) is 4.60. The third-order valence-electron chi connectivity index (χ3n) is 5.27. The molecule has 4 rings (SSSR count). The van der Waals surface area contributed by atoms with Crippen LogP contribution < -0.4 is 5.32 Å². The zero-order valence-electron chi connectivity index (χ0n) is 15.3. The molecule has 138 valence electrons. The first kappa shape index (κ1) is 17.4. The first-order valence-electron chi connectivity index (χ1n) is 9.11. The van der Waals surface area contributed by atoms with E-state index >= 15 is 0 Å². The van der Waals surface area contributed by atoms with Gasteiger partial charge in [-0.1, -0.05) is 30.3 Å². The largest absolute Gasteiger partial charge is 0.312 e. The summed E-state index contributed by atoms with van der Waals surface area (Å²) >= 11 is 0. The fourth-order valence-electron chi connectivity index (χ4n) is 3.60. The highest BCUT2D eigenvalue weighted by molar-refractivity contribution is 5.64. The molecule has 1 saturated carbocycles. The molecule has 1 aliphatic rings. The molecule has 0 radical (unpaired) electrons. The van der Waals surface area contributed by atoms with E-state index in [1.54, 1.807) is 16.8 Å². The van der Waals surface area contributed by atoms with Gasteiger partial charge in [-0.05, 0) is 30.5 Å². The molecule has 1 aromatic heterocycles. The van der Waals surface area contributed by atoms with E-state index in [1.807, 2.05) is 13.2 Å². The van der Waals surface area contributed by atoms with Crippen molar-refractivity contribution in [3.8, 4) is 11.3 Å². The summed E-state index contributed by atoms with van der Waals surface area (Å²) in [5, 5.41) is 19.0. The van der Waals surface area contributed by atoms with Crippen LogP contribution in [-0.4, -0.2) is 21.2 Å². The second-order valence-electron chi connectivity index (χ2n) is 7.23. The minimum atomic E-state index is -0.386. The highest BCUT2D eigenvalue weighted by Crippen LogP contribution is 2.47. The molecule has 1 N–H and O–H groups in total. The quantitative estimate of drug-likeness (QED) is 0.512. The number of rotatable bonds is 7. The number of aryl methyl sites for hydroxylation is 1. The Kier molecular flexibility index (Phi) is 4.49. The lowest BCUT2D eigenvalue weighted by Gasteiger charge is -2.16. The summed E-state index contributed by atoms with van der Waals surface area (Å²) in [4.78, 5) is 10.5. The molecule has 0 aliphatic heterocycles. The van der Waals surface area contributed by atoms with E-state index in [-0.39, 0.29) is 16.0 Å². The number of nitro groups is 1. The summed E-state index contributed by atoms with van der Waals surface area (Å²) < 4.78 is 1.79. The van der Waals surface area contributed by atoms with Crippen molar-refractivity contribution in [2.75, 3.05) is 6.54 Å². The third kappa shape index (κ3) is 3.61. The Bertz CT molecular complexity index is 944. The van der Waals surface area contributed by atoms with Gasteiger partial charge in [-0.2, -0.15) is 5.10 Å². The number of non-ortho nitro benzene ring substituents is 1. The monoisotopic (exact) mass is 362 g/mol. The number of nitrogens with zero attached hydrogens (tertiary/aromatic N) is 3. The first-order chi connectivity index (χ1) is 13.1. The number of nitro benzene ring substituents is 1. The van der Waals surface area contributed by atoms with Crippen molar-refractivity contribution in [3.63, 3.8) is 0 Å². The zero-order valence-corrected chi connectivity index (χ0v) is 15.3. The Morgan fingerprint density at radius 1 is 1.15 bits per heavy atom. The molecule has 0 spiro atoms. The number of aromatic nitrogens is 2. The van der Waals surface area contributed by atoms with E-state index in [4.69, 9.17) is 0 Å². The Hall–Kier alpha value is -2.99. The summed E-state index contributed by atoms with van der Waals surface area (Å²) in [6, 6.07) is 17.2. The maximum Gasteiger partial charge on any atom is 0.269 e. The number of benzene rings is 2. The van der Waals surface area contributed by atoms with Crippen molar-refractivity contribution in [1.82, 2.24) is 15.1 Å². The average Bonchev–Trinajstić information content (AvgIpc) is 3.38. The molecule has 6 nitrogen and oxygen atoms in total. The Labute approximate surface area is 158 Å². The topological polar surface area (TPSA) is 73.0 Å². The molecule has 0 atom stereocenters. The van der Waals surface area contributed by atoms with Crippen LogP contribution in [0.3, 0.4) is 0 Å². The summed E-state index contributed by atoms with van der Waals surface area (Å²) in [7, 11) is 1.89. The van der Waals surface area contributed by atoms with Crippen LogP contribution >= 0.6 is 0 Å². The van der Waals surface area contributed by atoms with Gasteiger partial charge in [0.25, 0.3) is 5.69 Å². The average molecular weight is 362 g/mol. The zero-order chi connectivity index (χ0) is 18.9. The van der Waals surface area contributed by atoms with Crippen LogP contribution in [0.25, 0.3) is 11.3 Å². The fourth-order valence-corrected chi connectivity index (χ4v) is 3.60. The van der Waals surface area contributed by atoms with E-state index in [0.717, 1.165) is 29.9 Å². The molecule has 0 amide bonds. The lowest BCUT2D eigenvalue weighted by Crippen LogP contribution is -2.26. The van der Waals surface area contributed by atoms with Crippen LogP contribution in [-0.2, 0) is 19.0 Å². The van der Waals surface area contributed by atoms with Gasteiger partial charge in [-0.25, -0.2) is 0 Å². The van der Waals surface area contributed by atoms with E-state index in [1.165, 1.54) is 30.5 Å². The maximum absolute atomic E-state index is 10.9. The molecule has 1 aliphatic carbocycles. The lowest BCUT2D eigenvalue weighted by atomic mass is 9.96. The van der Waals surface area contributed by atoms with Crippen LogP contribution in [0.4, 0.5) is 5.69 Å². The SMILES string of the molecule is Cn1cc(CNCC2(c3ccccc3)CC2)c(-c2ccc([N+](=O)[O-])cc2)n1. The smallest absolute Gasteiger partial charge is 0.269 e. The maximum atomic E-state index is 10.9. The van der Waals surface area contributed by atoms with Gasteiger partial charge in [0.15, 0.2) is 0 Å². The van der Waals surface area contributed by atoms with Gasteiger partial charge in [-0.3, -0.25) is 14.8 Å². The summed E-state index contributed by atoms with van der Waals surface area (Å²) in [5.74, 6) is 0. The van der Waals surface area contributed by atoms with Crippen molar-refractivity contribution in [2.45, 2.75) is 24.8 Å². The molecule has 0 bridgehead atoms. The summed E-state index contributed by atoms with van der Waals surface area (Å²) in [6.45, 7) is 1.65. The molecular formula is C21H22N4O2.